The van der Waals surface area contributed by atoms with Gasteiger partial charge in [-0.3, -0.25) is 9.80 Å². The number of anilines is 1. The number of fused-ring (bicyclic) bond motifs is 1. The molecule has 0 amide bonds. The van der Waals surface area contributed by atoms with Crippen LogP contribution in [0.1, 0.15) is 37.7 Å². The van der Waals surface area contributed by atoms with Crippen LogP contribution in [0.25, 0.3) is 0 Å². The fourth-order valence-electron chi connectivity index (χ4n) is 5.05. The standard InChI is InChI=1S/C20H29N5O/c21-15-17-5-3-8-22-19(17)25-13-11-23(12-14-25)16-20(26)7-4-10-24-9-2-1-6-18(20)24/h3,5,8,18,26H,1-2,4,6-7,9-14,16H2/t18-,20-/m1/s1. The van der Waals surface area contributed by atoms with Crippen LogP contribution in [0.5, 0.6) is 0 Å². The van der Waals surface area contributed by atoms with Gasteiger partial charge in [0.1, 0.15) is 11.9 Å². The monoisotopic (exact) mass is 355 g/mol. The molecular formula is C20H29N5O. The van der Waals surface area contributed by atoms with E-state index in [-0.39, 0.29) is 0 Å². The van der Waals surface area contributed by atoms with Gasteiger partial charge >= 0.3 is 0 Å². The fraction of sp³-hybridized carbons (Fsp3) is 0.700. The maximum atomic E-state index is 11.4. The predicted molar refractivity (Wildman–Crippen MR) is 101 cm³/mol. The third-order valence-corrected chi connectivity index (χ3v) is 6.37. The van der Waals surface area contributed by atoms with Crippen LogP contribution in [-0.2, 0) is 0 Å². The van der Waals surface area contributed by atoms with Crippen LogP contribution in [-0.4, -0.2) is 77.3 Å². The second-order valence-electron chi connectivity index (χ2n) is 8.00. The van der Waals surface area contributed by atoms with Gasteiger partial charge in [-0.2, -0.15) is 5.26 Å². The number of nitrogens with zero attached hydrogens (tertiary/aromatic N) is 5. The minimum atomic E-state index is -0.566. The Kier molecular flexibility index (Phi) is 5.12. The van der Waals surface area contributed by atoms with Crippen molar-refractivity contribution < 1.29 is 5.11 Å². The van der Waals surface area contributed by atoms with E-state index in [1.54, 1.807) is 6.20 Å². The first-order valence-electron chi connectivity index (χ1n) is 9.98. The Morgan fingerprint density at radius 3 is 2.77 bits per heavy atom. The van der Waals surface area contributed by atoms with Crippen molar-refractivity contribution in [3.63, 3.8) is 0 Å². The summed E-state index contributed by atoms with van der Waals surface area (Å²) in [7, 11) is 0. The van der Waals surface area contributed by atoms with Crippen LogP contribution in [0, 0.1) is 11.3 Å². The third kappa shape index (κ3) is 3.44. The second-order valence-corrected chi connectivity index (χ2v) is 8.00. The molecule has 0 radical (unpaired) electrons. The van der Waals surface area contributed by atoms with Crippen molar-refractivity contribution in [2.24, 2.45) is 0 Å². The molecule has 4 rings (SSSR count). The Morgan fingerprint density at radius 2 is 1.96 bits per heavy atom. The topological polar surface area (TPSA) is 66.6 Å². The Hall–Kier alpha value is -1.68. The molecule has 0 spiro atoms. The SMILES string of the molecule is N#Cc1cccnc1N1CCN(C[C@]2(O)CCCN3CCCC[C@@H]32)CC1. The van der Waals surface area contributed by atoms with E-state index in [2.05, 4.69) is 25.8 Å². The summed E-state index contributed by atoms with van der Waals surface area (Å²) < 4.78 is 0. The lowest BCUT2D eigenvalue weighted by molar-refractivity contribution is -0.109. The van der Waals surface area contributed by atoms with Gasteiger partial charge in [0.05, 0.1) is 11.2 Å². The number of aromatic nitrogens is 1. The molecule has 3 saturated heterocycles. The molecule has 6 heteroatoms. The van der Waals surface area contributed by atoms with Crippen molar-refractivity contribution in [3.05, 3.63) is 23.9 Å². The maximum Gasteiger partial charge on any atom is 0.146 e. The van der Waals surface area contributed by atoms with Crippen molar-refractivity contribution in [3.8, 4) is 6.07 Å². The number of piperazine rings is 1. The lowest BCUT2D eigenvalue weighted by atomic mass is 9.79. The highest BCUT2D eigenvalue weighted by atomic mass is 16.3. The summed E-state index contributed by atoms with van der Waals surface area (Å²) in [5, 5.41) is 20.7. The first-order chi connectivity index (χ1) is 12.7. The molecular weight excluding hydrogens is 326 g/mol. The number of hydrogen-bond donors (Lipinski definition) is 1. The van der Waals surface area contributed by atoms with Gasteiger partial charge in [0.25, 0.3) is 0 Å². The van der Waals surface area contributed by atoms with Gasteiger partial charge in [-0.05, 0) is 50.9 Å². The number of nitriles is 1. The summed E-state index contributed by atoms with van der Waals surface area (Å²) in [6, 6.07) is 6.22. The van der Waals surface area contributed by atoms with Crippen LogP contribution >= 0.6 is 0 Å². The molecule has 4 heterocycles. The quantitative estimate of drug-likeness (QED) is 0.885. The molecule has 3 fully saturated rings. The summed E-state index contributed by atoms with van der Waals surface area (Å²) in [6.45, 7) is 6.61. The summed E-state index contributed by atoms with van der Waals surface area (Å²) in [6.07, 6.45) is 7.44. The molecule has 6 nitrogen and oxygen atoms in total. The van der Waals surface area contributed by atoms with Crippen molar-refractivity contribution in [1.82, 2.24) is 14.8 Å². The minimum absolute atomic E-state index is 0.337. The molecule has 26 heavy (non-hydrogen) atoms. The average molecular weight is 355 g/mol. The molecule has 1 aromatic heterocycles. The molecule has 0 unspecified atom stereocenters. The summed E-state index contributed by atoms with van der Waals surface area (Å²) in [4.78, 5) is 11.5. The van der Waals surface area contributed by atoms with Gasteiger partial charge in [0, 0.05) is 45.0 Å². The number of piperidine rings is 2. The predicted octanol–water partition coefficient (Wildman–Crippen LogP) is 1.45. The van der Waals surface area contributed by atoms with Crippen LogP contribution in [0.4, 0.5) is 5.82 Å². The molecule has 1 aromatic rings. The van der Waals surface area contributed by atoms with Crippen LogP contribution in [0.3, 0.4) is 0 Å². The minimum Gasteiger partial charge on any atom is -0.387 e. The van der Waals surface area contributed by atoms with Gasteiger partial charge in [-0.25, -0.2) is 4.98 Å². The Balaban J connectivity index is 1.38. The Morgan fingerprint density at radius 1 is 1.15 bits per heavy atom. The zero-order valence-electron chi connectivity index (χ0n) is 15.5. The van der Waals surface area contributed by atoms with Crippen molar-refractivity contribution in [1.29, 1.82) is 5.26 Å². The van der Waals surface area contributed by atoms with Gasteiger partial charge in [-0.15, -0.1) is 0 Å². The molecule has 140 valence electrons. The highest BCUT2D eigenvalue weighted by molar-refractivity contribution is 5.53. The number of rotatable bonds is 3. The molecule has 0 saturated carbocycles. The maximum absolute atomic E-state index is 11.4. The van der Waals surface area contributed by atoms with Crippen LogP contribution in [0.15, 0.2) is 18.3 Å². The van der Waals surface area contributed by atoms with Gasteiger partial charge in [-0.1, -0.05) is 6.42 Å². The van der Waals surface area contributed by atoms with E-state index >= 15 is 0 Å². The molecule has 3 aliphatic rings. The Bertz CT molecular complexity index is 664. The molecule has 1 N–H and O–H groups in total. The van der Waals surface area contributed by atoms with Crippen molar-refractivity contribution in [2.75, 3.05) is 50.7 Å². The first-order valence-corrected chi connectivity index (χ1v) is 9.98. The highest BCUT2D eigenvalue weighted by Crippen LogP contribution is 2.35. The average Bonchev–Trinajstić information content (AvgIpc) is 2.69. The van der Waals surface area contributed by atoms with Crippen molar-refractivity contribution in [2.45, 2.75) is 43.7 Å². The van der Waals surface area contributed by atoms with E-state index in [1.807, 2.05) is 12.1 Å². The summed E-state index contributed by atoms with van der Waals surface area (Å²) >= 11 is 0. The molecule has 0 bridgehead atoms. The molecule has 0 aliphatic carbocycles. The Labute approximate surface area is 156 Å². The smallest absolute Gasteiger partial charge is 0.146 e. The van der Waals surface area contributed by atoms with Crippen LogP contribution in [0.2, 0.25) is 0 Å². The van der Waals surface area contributed by atoms with E-state index in [0.717, 1.165) is 70.9 Å². The second kappa shape index (κ2) is 7.51. The normalized spacial score (nSPS) is 30.6. The van der Waals surface area contributed by atoms with E-state index in [9.17, 15) is 10.4 Å². The number of hydrogen-bond acceptors (Lipinski definition) is 6. The number of aliphatic hydroxyl groups is 1. The zero-order valence-corrected chi connectivity index (χ0v) is 15.5. The molecule has 0 aromatic carbocycles. The molecule has 3 aliphatic heterocycles. The summed E-state index contributed by atoms with van der Waals surface area (Å²) in [5.41, 5.74) is 0.0774. The summed E-state index contributed by atoms with van der Waals surface area (Å²) in [5.74, 6) is 0.796. The van der Waals surface area contributed by atoms with Gasteiger partial charge in [0.15, 0.2) is 0 Å². The molecule has 2 atom stereocenters. The lowest BCUT2D eigenvalue weighted by Crippen LogP contribution is -2.63. The first kappa shape index (κ1) is 17.7. The zero-order chi connectivity index (χ0) is 18.0. The largest absolute Gasteiger partial charge is 0.387 e. The van der Waals surface area contributed by atoms with Gasteiger partial charge < -0.3 is 10.0 Å². The number of pyridine rings is 1. The fourth-order valence-corrected chi connectivity index (χ4v) is 5.05. The van der Waals surface area contributed by atoms with Crippen LogP contribution < -0.4 is 4.90 Å². The number of β-amino-alcohol motifs (C(OH)–C–C–N with tert-alkyl or cyclic N) is 1. The van der Waals surface area contributed by atoms with E-state index in [4.69, 9.17) is 0 Å². The lowest BCUT2D eigenvalue weighted by Gasteiger charge is -2.51. The third-order valence-electron chi connectivity index (χ3n) is 6.37. The van der Waals surface area contributed by atoms with Gasteiger partial charge in [0.2, 0.25) is 0 Å². The highest BCUT2D eigenvalue weighted by Gasteiger charge is 2.45. The van der Waals surface area contributed by atoms with E-state index in [0.29, 0.717) is 11.6 Å². The van der Waals surface area contributed by atoms with Crippen molar-refractivity contribution >= 4 is 5.82 Å². The van der Waals surface area contributed by atoms with E-state index < -0.39 is 5.60 Å². The van der Waals surface area contributed by atoms with E-state index in [1.165, 1.54) is 12.8 Å².